The molecule has 6 nitrogen and oxygen atoms in total. The summed E-state index contributed by atoms with van der Waals surface area (Å²) in [5.74, 6) is -0.430. The second kappa shape index (κ2) is 10.2. The summed E-state index contributed by atoms with van der Waals surface area (Å²) in [4.78, 5) is 28.7. The van der Waals surface area contributed by atoms with Crippen molar-refractivity contribution in [3.05, 3.63) is 28.8 Å². The molecule has 1 atom stereocenters. The number of benzene rings is 1. The van der Waals surface area contributed by atoms with Gasteiger partial charge >= 0.3 is 6.18 Å². The van der Waals surface area contributed by atoms with E-state index in [9.17, 15) is 22.8 Å². The van der Waals surface area contributed by atoms with Gasteiger partial charge in [0.15, 0.2) is 0 Å². The van der Waals surface area contributed by atoms with E-state index in [2.05, 4.69) is 15.5 Å². The van der Waals surface area contributed by atoms with E-state index in [1.807, 2.05) is 32.6 Å². The minimum absolute atomic E-state index is 0.0266. The fourth-order valence-corrected chi connectivity index (χ4v) is 3.45. The standard InChI is InChI=1S/C21H30ClF3N4O2/c1-5-20(3,4)27-19(31)14(2)29-10-8-28(9-11-29)13-18(30)26-15-6-7-17(22)16(12-15)21(23,24)25/h6-7,12,14H,5,8-11,13H2,1-4H3,(H,26,30)(H,27,31). The zero-order valence-electron chi connectivity index (χ0n) is 18.3. The number of nitrogens with zero attached hydrogens (tertiary/aromatic N) is 2. The van der Waals surface area contributed by atoms with Crippen molar-refractivity contribution in [2.75, 3.05) is 38.0 Å². The van der Waals surface area contributed by atoms with Gasteiger partial charge in [-0.2, -0.15) is 13.2 Å². The third-order valence-electron chi connectivity index (χ3n) is 5.60. The number of hydrogen-bond acceptors (Lipinski definition) is 4. The van der Waals surface area contributed by atoms with Gasteiger partial charge < -0.3 is 10.6 Å². The molecule has 0 aromatic heterocycles. The molecule has 2 N–H and O–H groups in total. The van der Waals surface area contributed by atoms with Crippen LogP contribution in [0.5, 0.6) is 0 Å². The number of carbonyl (C=O) groups excluding carboxylic acids is 2. The summed E-state index contributed by atoms with van der Waals surface area (Å²) in [7, 11) is 0. The molecule has 1 heterocycles. The lowest BCUT2D eigenvalue weighted by atomic mass is 10.0. The van der Waals surface area contributed by atoms with Crippen molar-refractivity contribution >= 4 is 29.1 Å². The summed E-state index contributed by atoms with van der Waals surface area (Å²) in [5.41, 5.74) is -1.21. The Balaban J connectivity index is 1.85. The highest BCUT2D eigenvalue weighted by molar-refractivity contribution is 6.31. The number of nitrogens with one attached hydrogen (secondary N) is 2. The van der Waals surface area contributed by atoms with Gasteiger partial charge in [-0.3, -0.25) is 19.4 Å². The van der Waals surface area contributed by atoms with Gasteiger partial charge in [-0.1, -0.05) is 18.5 Å². The third kappa shape index (κ3) is 7.36. The molecule has 0 saturated carbocycles. The molecule has 1 aromatic carbocycles. The highest BCUT2D eigenvalue weighted by atomic mass is 35.5. The molecule has 1 fully saturated rings. The van der Waals surface area contributed by atoms with E-state index in [4.69, 9.17) is 11.6 Å². The lowest BCUT2D eigenvalue weighted by Crippen LogP contribution is -2.57. The first kappa shape index (κ1) is 25.4. The molecular formula is C21H30ClF3N4O2. The minimum Gasteiger partial charge on any atom is -0.350 e. The molecule has 0 radical (unpaired) electrons. The first-order valence-electron chi connectivity index (χ1n) is 10.3. The number of piperazine rings is 1. The average molecular weight is 463 g/mol. The van der Waals surface area contributed by atoms with Crippen LogP contribution in [0.3, 0.4) is 0 Å². The van der Waals surface area contributed by atoms with Crippen LogP contribution in [-0.2, 0) is 15.8 Å². The Labute approximate surface area is 186 Å². The summed E-state index contributed by atoms with van der Waals surface area (Å²) in [6, 6.07) is 3.00. The van der Waals surface area contributed by atoms with Crippen molar-refractivity contribution in [2.24, 2.45) is 0 Å². The number of halogens is 4. The maximum Gasteiger partial charge on any atom is 0.417 e. The Morgan fingerprint density at radius 2 is 1.77 bits per heavy atom. The number of alkyl halides is 3. The fourth-order valence-electron chi connectivity index (χ4n) is 3.22. The van der Waals surface area contributed by atoms with E-state index in [0.29, 0.717) is 26.2 Å². The zero-order valence-corrected chi connectivity index (χ0v) is 19.0. The number of carbonyl (C=O) groups is 2. The van der Waals surface area contributed by atoms with E-state index < -0.39 is 22.7 Å². The smallest absolute Gasteiger partial charge is 0.350 e. The predicted molar refractivity (Wildman–Crippen MR) is 115 cm³/mol. The van der Waals surface area contributed by atoms with Gasteiger partial charge in [-0.15, -0.1) is 0 Å². The van der Waals surface area contributed by atoms with Crippen LogP contribution in [0, 0.1) is 0 Å². The van der Waals surface area contributed by atoms with Crippen molar-refractivity contribution < 1.29 is 22.8 Å². The van der Waals surface area contributed by atoms with Crippen molar-refractivity contribution in [2.45, 2.75) is 51.9 Å². The maximum absolute atomic E-state index is 13.0. The van der Waals surface area contributed by atoms with Crippen LogP contribution in [0.4, 0.5) is 18.9 Å². The number of hydrogen-bond donors (Lipinski definition) is 2. The summed E-state index contributed by atoms with van der Waals surface area (Å²) in [5, 5.41) is 5.13. The molecule has 0 aliphatic carbocycles. The van der Waals surface area contributed by atoms with Crippen LogP contribution in [0.25, 0.3) is 0 Å². The summed E-state index contributed by atoms with van der Waals surface area (Å²) < 4.78 is 38.9. The largest absolute Gasteiger partial charge is 0.417 e. The molecule has 1 aliphatic rings. The molecule has 2 amide bonds. The second-order valence-corrected chi connectivity index (χ2v) is 8.86. The fraction of sp³-hybridized carbons (Fsp3) is 0.619. The topological polar surface area (TPSA) is 64.7 Å². The zero-order chi connectivity index (χ0) is 23.4. The Hall–Kier alpha value is -1.84. The van der Waals surface area contributed by atoms with E-state index in [0.717, 1.165) is 18.6 Å². The van der Waals surface area contributed by atoms with E-state index >= 15 is 0 Å². The summed E-state index contributed by atoms with van der Waals surface area (Å²) in [6.07, 6.45) is -3.77. The molecule has 31 heavy (non-hydrogen) atoms. The molecule has 1 aliphatic heterocycles. The van der Waals surface area contributed by atoms with Crippen LogP contribution >= 0.6 is 11.6 Å². The first-order valence-corrected chi connectivity index (χ1v) is 10.6. The van der Waals surface area contributed by atoms with Gasteiger partial charge in [0, 0.05) is 37.4 Å². The van der Waals surface area contributed by atoms with Crippen LogP contribution in [-0.4, -0.2) is 65.9 Å². The quantitative estimate of drug-likeness (QED) is 0.649. The first-order chi connectivity index (χ1) is 14.3. The summed E-state index contributed by atoms with van der Waals surface area (Å²) >= 11 is 5.60. The summed E-state index contributed by atoms with van der Waals surface area (Å²) in [6.45, 7) is 10.3. The lowest BCUT2D eigenvalue weighted by Gasteiger charge is -2.38. The molecule has 0 spiro atoms. The lowest BCUT2D eigenvalue weighted by molar-refractivity contribution is -0.137. The van der Waals surface area contributed by atoms with Crippen molar-refractivity contribution in [3.8, 4) is 0 Å². The van der Waals surface area contributed by atoms with E-state index in [1.165, 1.54) is 6.07 Å². The van der Waals surface area contributed by atoms with Crippen LogP contribution in [0.2, 0.25) is 5.02 Å². The van der Waals surface area contributed by atoms with E-state index in [1.54, 1.807) is 0 Å². The molecule has 1 saturated heterocycles. The maximum atomic E-state index is 13.0. The highest BCUT2D eigenvalue weighted by Crippen LogP contribution is 2.36. The Morgan fingerprint density at radius 1 is 1.16 bits per heavy atom. The van der Waals surface area contributed by atoms with Crippen molar-refractivity contribution in [1.29, 1.82) is 0 Å². The Kier molecular flexibility index (Phi) is 8.35. The second-order valence-electron chi connectivity index (χ2n) is 8.46. The predicted octanol–water partition coefficient (Wildman–Crippen LogP) is 3.61. The minimum atomic E-state index is -4.59. The Bertz CT molecular complexity index is 793. The van der Waals surface area contributed by atoms with Gasteiger partial charge in [0.2, 0.25) is 11.8 Å². The van der Waals surface area contributed by atoms with Crippen LogP contribution < -0.4 is 10.6 Å². The Morgan fingerprint density at radius 3 is 2.32 bits per heavy atom. The molecule has 1 aromatic rings. The molecule has 0 bridgehead atoms. The molecule has 1 unspecified atom stereocenters. The van der Waals surface area contributed by atoms with Gasteiger partial charge in [0.1, 0.15) is 0 Å². The molecular weight excluding hydrogens is 433 g/mol. The van der Waals surface area contributed by atoms with Crippen molar-refractivity contribution in [3.63, 3.8) is 0 Å². The average Bonchev–Trinajstić information content (AvgIpc) is 2.68. The number of amides is 2. The van der Waals surface area contributed by atoms with Gasteiger partial charge in [0.25, 0.3) is 0 Å². The number of anilines is 1. The van der Waals surface area contributed by atoms with Crippen LogP contribution in [0.15, 0.2) is 18.2 Å². The SMILES string of the molecule is CCC(C)(C)NC(=O)C(C)N1CCN(CC(=O)Nc2ccc(Cl)c(C(F)(F)F)c2)CC1. The van der Waals surface area contributed by atoms with Crippen molar-refractivity contribution in [1.82, 2.24) is 15.1 Å². The van der Waals surface area contributed by atoms with Gasteiger partial charge in [0.05, 0.1) is 23.2 Å². The normalized spacial score (nSPS) is 17.3. The molecule has 2 rings (SSSR count). The monoisotopic (exact) mass is 462 g/mol. The third-order valence-corrected chi connectivity index (χ3v) is 5.93. The van der Waals surface area contributed by atoms with Gasteiger partial charge in [-0.25, -0.2) is 0 Å². The molecule has 10 heteroatoms. The van der Waals surface area contributed by atoms with Crippen LogP contribution in [0.1, 0.15) is 39.7 Å². The highest BCUT2D eigenvalue weighted by Gasteiger charge is 2.33. The van der Waals surface area contributed by atoms with E-state index in [-0.39, 0.29) is 29.7 Å². The molecule has 174 valence electrons. The number of rotatable bonds is 7. The van der Waals surface area contributed by atoms with Gasteiger partial charge in [-0.05, 0) is 45.4 Å².